The fraction of sp³-hybridized carbons (Fsp3) is 0.500. The van der Waals surface area contributed by atoms with E-state index < -0.39 is 5.97 Å². The monoisotopic (exact) mass is 250 g/mol. The number of rotatable bonds is 7. The summed E-state index contributed by atoms with van der Waals surface area (Å²) in [4.78, 5) is 15.3. The number of nitrogens with zero attached hydrogens (tertiary/aromatic N) is 2. The van der Waals surface area contributed by atoms with Crippen molar-refractivity contribution >= 4 is 11.7 Å². The molecular weight excluding hydrogens is 228 g/mol. The predicted octanol–water partition coefficient (Wildman–Crippen LogP) is 2.16. The summed E-state index contributed by atoms with van der Waals surface area (Å²) in [5.74, 6) is -0.874. The van der Waals surface area contributed by atoms with Gasteiger partial charge in [0.25, 0.3) is 0 Å². The molecule has 0 bridgehead atoms. The average Bonchev–Trinajstić information content (AvgIpc) is 2.34. The third kappa shape index (κ3) is 4.37. The van der Waals surface area contributed by atoms with E-state index in [-0.39, 0.29) is 0 Å². The number of likely N-dealkylation sites (N-methyl/N-ethyl adjacent to an activating group) is 1. The molecule has 0 spiro atoms. The molecule has 0 radical (unpaired) electrons. The summed E-state index contributed by atoms with van der Waals surface area (Å²) in [6, 6.07) is 7.14. The zero-order valence-corrected chi connectivity index (χ0v) is 11.4. The first-order valence-electron chi connectivity index (χ1n) is 6.27. The number of carbonyl (C=O) groups is 1. The SMILES string of the molecule is CCCN(CCN(C)C)c1cccc(C(=O)O)c1. The summed E-state index contributed by atoms with van der Waals surface area (Å²) < 4.78 is 0. The van der Waals surface area contributed by atoms with Gasteiger partial charge in [0.2, 0.25) is 0 Å². The third-order valence-electron chi connectivity index (χ3n) is 2.77. The number of aromatic carboxylic acids is 1. The van der Waals surface area contributed by atoms with Gasteiger partial charge in [0, 0.05) is 25.3 Å². The van der Waals surface area contributed by atoms with Crippen LogP contribution in [0, 0.1) is 0 Å². The summed E-state index contributed by atoms with van der Waals surface area (Å²) in [6.45, 7) is 4.93. The highest BCUT2D eigenvalue weighted by Crippen LogP contribution is 2.16. The van der Waals surface area contributed by atoms with E-state index in [0.717, 1.165) is 31.7 Å². The van der Waals surface area contributed by atoms with Gasteiger partial charge in [0.15, 0.2) is 0 Å². The molecule has 4 nitrogen and oxygen atoms in total. The highest BCUT2D eigenvalue weighted by atomic mass is 16.4. The molecule has 0 aliphatic heterocycles. The lowest BCUT2D eigenvalue weighted by atomic mass is 10.2. The molecule has 0 aliphatic carbocycles. The maximum Gasteiger partial charge on any atom is 0.335 e. The van der Waals surface area contributed by atoms with Crippen LogP contribution < -0.4 is 4.90 Å². The van der Waals surface area contributed by atoms with E-state index >= 15 is 0 Å². The van der Waals surface area contributed by atoms with Gasteiger partial charge in [0.1, 0.15) is 0 Å². The van der Waals surface area contributed by atoms with Gasteiger partial charge >= 0.3 is 5.97 Å². The highest BCUT2D eigenvalue weighted by Gasteiger charge is 2.09. The quantitative estimate of drug-likeness (QED) is 0.805. The molecule has 1 aromatic carbocycles. The van der Waals surface area contributed by atoms with Gasteiger partial charge in [0.05, 0.1) is 5.56 Å². The van der Waals surface area contributed by atoms with Crippen molar-refractivity contribution in [2.75, 3.05) is 38.6 Å². The van der Waals surface area contributed by atoms with Crippen molar-refractivity contribution in [1.29, 1.82) is 0 Å². The molecule has 1 rings (SSSR count). The average molecular weight is 250 g/mol. The minimum absolute atomic E-state index is 0.346. The number of hydrogen-bond donors (Lipinski definition) is 1. The van der Waals surface area contributed by atoms with Gasteiger partial charge < -0.3 is 14.9 Å². The molecule has 0 atom stereocenters. The Morgan fingerprint density at radius 3 is 2.50 bits per heavy atom. The van der Waals surface area contributed by atoms with E-state index in [4.69, 9.17) is 5.11 Å². The Balaban J connectivity index is 2.83. The van der Waals surface area contributed by atoms with Crippen molar-refractivity contribution in [3.8, 4) is 0 Å². The normalized spacial score (nSPS) is 10.7. The Hall–Kier alpha value is -1.55. The van der Waals surface area contributed by atoms with Crippen LogP contribution in [0.15, 0.2) is 24.3 Å². The second kappa shape index (κ2) is 7.01. The van der Waals surface area contributed by atoms with Crippen molar-refractivity contribution in [3.05, 3.63) is 29.8 Å². The molecule has 18 heavy (non-hydrogen) atoms. The molecule has 1 aromatic rings. The molecule has 100 valence electrons. The standard InChI is InChI=1S/C14H22N2O2/c1-4-8-16(10-9-15(2)3)13-7-5-6-12(11-13)14(17)18/h5-7,11H,4,8-10H2,1-3H3,(H,17,18). The predicted molar refractivity (Wildman–Crippen MR) is 74.5 cm³/mol. The van der Waals surface area contributed by atoms with Crippen LogP contribution >= 0.6 is 0 Å². The van der Waals surface area contributed by atoms with E-state index in [1.807, 2.05) is 20.2 Å². The lowest BCUT2D eigenvalue weighted by Gasteiger charge is -2.26. The van der Waals surface area contributed by atoms with Crippen LogP contribution in [0.5, 0.6) is 0 Å². The topological polar surface area (TPSA) is 43.8 Å². The summed E-state index contributed by atoms with van der Waals surface area (Å²) >= 11 is 0. The second-order valence-corrected chi connectivity index (χ2v) is 4.65. The van der Waals surface area contributed by atoms with E-state index in [1.165, 1.54) is 0 Å². The summed E-state index contributed by atoms with van der Waals surface area (Å²) in [5, 5.41) is 9.01. The summed E-state index contributed by atoms with van der Waals surface area (Å²) in [5.41, 5.74) is 1.33. The van der Waals surface area contributed by atoms with E-state index in [1.54, 1.807) is 18.2 Å². The van der Waals surface area contributed by atoms with Crippen molar-refractivity contribution < 1.29 is 9.90 Å². The van der Waals surface area contributed by atoms with E-state index in [9.17, 15) is 4.79 Å². The van der Waals surface area contributed by atoms with Gasteiger partial charge in [-0.2, -0.15) is 0 Å². The first-order chi connectivity index (χ1) is 8.54. The molecule has 0 fully saturated rings. The molecule has 4 heteroatoms. The molecule has 0 amide bonds. The Morgan fingerprint density at radius 2 is 1.94 bits per heavy atom. The highest BCUT2D eigenvalue weighted by molar-refractivity contribution is 5.88. The molecule has 0 saturated carbocycles. The molecule has 0 heterocycles. The number of carboxylic acids is 1. The van der Waals surface area contributed by atoms with Gasteiger partial charge in [-0.15, -0.1) is 0 Å². The van der Waals surface area contributed by atoms with Crippen molar-refractivity contribution in [2.45, 2.75) is 13.3 Å². The van der Waals surface area contributed by atoms with Gasteiger partial charge in [-0.3, -0.25) is 0 Å². The van der Waals surface area contributed by atoms with Crippen LogP contribution in [0.25, 0.3) is 0 Å². The fourth-order valence-corrected chi connectivity index (χ4v) is 1.80. The van der Waals surface area contributed by atoms with Crippen LogP contribution in [0.1, 0.15) is 23.7 Å². The zero-order valence-electron chi connectivity index (χ0n) is 11.4. The number of benzene rings is 1. The Kier molecular flexibility index (Phi) is 5.65. The second-order valence-electron chi connectivity index (χ2n) is 4.65. The summed E-state index contributed by atoms with van der Waals surface area (Å²) in [7, 11) is 4.08. The Morgan fingerprint density at radius 1 is 1.22 bits per heavy atom. The third-order valence-corrected chi connectivity index (χ3v) is 2.77. The van der Waals surface area contributed by atoms with Crippen molar-refractivity contribution in [3.63, 3.8) is 0 Å². The van der Waals surface area contributed by atoms with Gasteiger partial charge in [-0.05, 0) is 38.7 Å². The van der Waals surface area contributed by atoms with Crippen LogP contribution in [-0.2, 0) is 0 Å². The van der Waals surface area contributed by atoms with Crippen molar-refractivity contribution in [1.82, 2.24) is 4.90 Å². The largest absolute Gasteiger partial charge is 0.478 e. The van der Waals surface area contributed by atoms with E-state index in [2.05, 4.69) is 16.7 Å². The Labute approximate surface area is 109 Å². The smallest absolute Gasteiger partial charge is 0.335 e. The number of anilines is 1. The summed E-state index contributed by atoms with van der Waals surface area (Å²) in [6.07, 6.45) is 1.05. The molecule has 1 N–H and O–H groups in total. The maximum atomic E-state index is 11.0. The molecule has 0 aliphatic rings. The molecule has 0 saturated heterocycles. The minimum atomic E-state index is -0.874. The molecule has 0 aromatic heterocycles. The van der Waals surface area contributed by atoms with Crippen LogP contribution in [0.4, 0.5) is 5.69 Å². The zero-order chi connectivity index (χ0) is 13.5. The first kappa shape index (κ1) is 14.5. The molecule has 0 unspecified atom stereocenters. The minimum Gasteiger partial charge on any atom is -0.478 e. The van der Waals surface area contributed by atoms with E-state index in [0.29, 0.717) is 5.56 Å². The molecular formula is C14H22N2O2. The lowest BCUT2D eigenvalue weighted by Crippen LogP contribution is -2.32. The Bertz CT molecular complexity index is 391. The maximum absolute atomic E-state index is 11.0. The van der Waals surface area contributed by atoms with Crippen molar-refractivity contribution in [2.24, 2.45) is 0 Å². The first-order valence-corrected chi connectivity index (χ1v) is 6.27. The lowest BCUT2D eigenvalue weighted by molar-refractivity contribution is 0.0697. The number of carboxylic acid groups (broad SMARTS) is 1. The van der Waals surface area contributed by atoms with Crippen LogP contribution in [0.2, 0.25) is 0 Å². The fourth-order valence-electron chi connectivity index (χ4n) is 1.80. The number of hydrogen-bond acceptors (Lipinski definition) is 3. The van der Waals surface area contributed by atoms with Gasteiger partial charge in [-0.25, -0.2) is 4.79 Å². The van der Waals surface area contributed by atoms with Gasteiger partial charge in [-0.1, -0.05) is 13.0 Å². The van der Waals surface area contributed by atoms with Crippen LogP contribution in [0.3, 0.4) is 0 Å². The van der Waals surface area contributed by atoms with Crippen LogP contribution in [-0.4, -0.2) is 49.7 Å².